The van der Waals surface area contributed by atoms with E-state index in [2.05, 4.69) is 0 Å². The van der Waals surface area contributed by atoms with Crippen LogP contribution in [0.2, 0.25) is 0 Å². The van der Waals surface area contributed by atoms with Crippen LogP contribution in [0.4, 0.5) is 5.69 Å². The van der Waals surface area contributed by atoms with Crippen LogP contribution < -0.4 is 14.4 Å². The van der Waals surface area contributed by atoms with E-state index in [9.17, 15) is 14.4 Å². The van der Waals surface area contributed by atoms with E-state index >= 15 is 0 Å². The first-order chi connectivity index (χ1) is 14.9. The van der Waals surface area contributed by atoms with E-state index in [1.54, 1.807) is 47.4 Å². The third kappa shape index (κ3) is 5.42. The maximum atomic E-state index is 12.6. The van der Waals surface area contributed by atoms with Gasteiger partial charge < -0.3 is 19.1 Å². The fourth-order valence-electron chi connectivity index (χ4n) is 3.48. The van der Waals surface area contributed by atoms with Crippen LogP contribution >= 0.6 is 0 Å². The molecule has 0 N–H and O–H groups in total. The largest absolute Gasteiger partial charge is 0.494 e. The highest BCUT2D eigenvalue weighted by molar-refractivity contribution is 5.99. The molecule has 0 spiro atoms. The Morgan fingerprint density at radius 1 is 1.03 bits per heavy atom. The Hall–Kier alpha value is -3.35. The maximum Gasteiger partial charge on any atom is 0.311 e. The SMILES string of the molecule is CCOc1ccc(N2CC(C(=O)OCc3cc(C(C)=O)ccc3OCC)CC2=O)cc1. The zero-order valence-electron chi connectivity index (χ0n) is 18.1. The van der Waals surface area contributed by atoms with E-state index in [0.29, 0.717) is 30.1 Å². The minimum absolute atomic E-state index is 0.0248. The smallest absolute Gasteiger partial charge is 0.311 e. The topological polar surface area (TPSA) is 82.1 Å². The van der Waals surface area contributed by atoms with Crippen molar-refractivity contribution in [3.63, 3.8) is 0 Å². The number of nitrogens with zero attached hydrogens (tertiary/aromatic N) is 1. The van der Waals surface area contributed by atoms with E-state index in [4.69, 9.17) is 14.2 Å². The third-order valence-corrected chi connectivity index (χ3v) is 5.05. The number of ether oxygens (including phenoxy) is 3. The molecule has 1 saturated heterocycles. The van der Waals surface area contributed by atoms with Crippen LogP contribution in [0.25, 0.3) is 0 Å². The predicted molar refractivity (Wildman–Crippen MR) is 115 cm³/mol. The molecule has 1 heterocycles. The molecule has 7 heteroatoms. The fraction of sp³-hybridized carbons (Fsp3) is 0.375. The number of anilines is 1. The first kappa shape index (κ1) is 22.3. The molecule has 1 fully saturated rings. The van der Waals surface area contributed by atoms with Crippen molar-refractivity contribution in [1.82, 2.24) is 0 Å². The quantitative estimate of drug-likeness (QED) is 0.449. The summed E-state index contributed by atoms with van der Waals surface area (Å²) < 4.78 is 16.5. The summed E-state index contributed by atoms with van der Waals surface area (Å²) in [6, 6.07) is 12.3. The molecule has 1 aliphatic heterocycles. The molecular formula is C24H27NO6. The normalized spacial score (nSPS) is 15.6. The van der Waals surface area contributed by atoms with Crippen LogP contribution in [0.3, 0.4) is 0 Å². The lowest BCUT2D eigenvalue weighted by atomic mass is 10.1. The van der Waals surface area contributed by atoms with Crippen molar-refractivity contribution in [2.75, 3.05) is 24.7 Å². The second kappa shape index (κ2) is 10.1. The average Bonchev–Trinajstić information content (AvgIpc) is 3.15. The van der Waals surface area contributed by atoms with Gasteiger partial charge in [-0.2, -0.15) is 0 Å². The summed E-state index contributed by atoms with van der Waals surface area (Å²) in [6.07, 6.45) is 0.0951. The summed E-state index contributed by atoms with van der Waals surface area (Å²) in [6.45, 7) is 6.49. The molecule has 7 nitrogen and oxygen atoms in total. The van der Waals surface area contributed by atoms with Crippen molar-refractivity contribution in [3.8, 4) is 11.5 Å². The molecule has 3 rings (SSSR count). The molecule has 1 unspecified atom stereocenters. The van der Waals surface area contributed by atoms with Crippen LogP contribution in [-0.2, 0) is 20.9 Å². The minimum Gasteiger partial charge on any atom is -0.494 e. The van der Waals surface area contributed by atoms with E-state index in [1.165, 1.54) is 6.92 Å². The highest BCUT2D eigenvalue weighted by Gasteiger charge is 2.36. The van der Waals surface area contributed by atoms with Gasteiger partial charge >= 0.3 is 5.97 Å². The average molecular weight is 425 g/mol. The lowest BCUT2D eigenvalue weighted by Gasteiger charge is -2.17. The number of hydrogen-bond acceptors (Lipinski definition) is 6. The van der Waals surface area contributed by atoms with Gasteiger partial charge in [-0.05, 0) is 63.2 Å². The Kier molecular flexibility index (Phi) is 7.28. The molecule has 0 aliphatic carbocycles. The van der Waals surface area contributed by atoms with E-state index in [1.807, 2.05) is 13.8 Å². The maximum absolute atomic E-state index is 12.6. The second-order valence-corrected chi connectivity index (χ2v) is 7.25. The zero-order chi connectivity index (χ0) is 22.4. The number of carbonyl (C=O) groups excluding carboxylic acids is 3. The Balaban J connectivity index is 1.64. The number of amides is 1. The summed E-state index contributed by atoms with van der Waals surface area (Å²) in [5, 5.41) is 0. The number of Topliss-reactive ketones (excluding diaryl/α,β-unsaturated/α-hetero) is 1. The van der Waals surface area contributed by atoms with E-state index in [0.717, 1.165) is 11.4 Å². The highest BCUT2D eigenvalue weighted by Crippen LogP contribution is 2.28. The molecule has 1 amide bonds. The van der Waals surface area contributed by atoms with E-state index < -0.39 is 11.9 Å². The molecule has 0 saturated carbocycles. The van der Waals surface area contributed by atoms with Crippen molar-refractivity contribution >= 4 is 23.3 Å². The lowest BCUT2D eigenvalue weighted by molar-refractivity contribution is -0.149. The Labute approximate surface area is 181 Å². The number of carbonyl (C=O) groups is 3. The summed E-state index contributed by atoms with van der Waals surface area (Å²) >= 11 is 0. The van der Waals surface area contributed by atoms with Gasteiger partial charge in [0.05, 0.1) is 19.1 Å². The van der Waals surface area contributed by atoms with Gasteiger partial charge in [0.15, 0.2) is 5.78 Å². The van der Waals surface area contributed by atoms with Crippen LogP contribution in [0.5, 0.6) is 11.5 Å². The predicted octanol–water partition coefficient (Wildman–Crippen LogP) is 3.78. The molecule has 164 valence electrons. The molecule has 1 aliphatic rings. The number of ketones is 1. The number of benzene rings is 2. The van der Waals surface area contributed by atoms with Crippen LogP contribution in [0, 0.1) is 5.92 Å². The van der Waals surface area contributed by atoms with Crippen molar-refractivity contribution in [1.29, 1.82) is 0 Å². The molecule has 1 atom stereocenters. The minimum atomic E-state index is -0.550. The lowest BCUT2D eigenvalue weighted by Crippen LogP contribution is -2.26. The monoisotopic (exact) mass is 425 g/mol. The zero-order valence-corrected chi connectivity index (χ0v) is 18.1. The molecule has 2 aromatic carbocycles. The Morgan fingerprint density at radius 3 is 2.39 bits per heavy atom. The molecule has 0 radical (unpaired) electrons. The van der Waals surface area contributed by atoms with Gasteiger partial charge in [-0.25, -0.2) is 0 Å². The van der Waals surface area contributed by atoms with Crippen LogP contribution in [-0.4, -0.2) is 37.4 Å². The first-order valence-electron chi connectivity index (χ1n) is 10.4. The van der Waals surface area contributed by atoms with Gasteiger partial charge in [0, 0.05) is 29.8 Å². The van der Waals surface area contributed by atoms with E-state index in [-0.39, 0.29) is 31.3 Å². The number of esters is 1. The first-order valence-corrected chi connectivity index (χ1v) is 10.4. The van der Waals surface area contributed by atoms with Gasteiger partial charge in [0.1, 0.15) is 18.1 Å². The van der Waals surface area contributed by atoms with Gasteiger partial charge in [-0.15, -0.1) is 0 Å². The van der Waals surface area contributed by atoms with Gasteiger partial charge in [-0.1, -0.05) is 0 Å². The molecule has 0 aromatic heterocycles. The van der Waals surface area contributed by atoms with Gasteiger partial charge in [0.2, 0.25) is 5.91 Å². The molecule has 0 bridgehead atoms. The fourth-order valence-corrected chi connectivity index (χ4v) is 3.48. The van der Waals surface area contributed by atoms with Crippen molar-refractivity contribution in [3.05, 3.63) is 53.6 Å². The van der Waals surface area contributed by atoms with Gasteiger partial charge in [-0.3, -0.25) is 14.4 Å². The van der Waals surface area contributed by atoms with Crippen molar-refractivity contribution < 1.29 is 28.6 Å². The summed E-state index contributed by atoms with van der Waals surface area (Å²) in [7, 11) is 0. The summed E-state index contributed by atoms with van der Waals surface area (Å²) in [5.74, 6) is 0.0938. The second-order valence-electron chi connectivity index (χ2n) is 7.25. The number of rotatable bonds is 9. The Bertz CT molecular complexity index is 953. The highest BCUT2D eigenvalue weighted by atomic mass is 16.5. The molecule has 2 aromatic rings. The third-order valence-electron chi connectivity index (χ3n) is 5.05. The standard InChI is InChI=1S/C24H27NO6/c1-4-29-21-9-7-20(8-10-21)25-14-18(13-23(25)27)24(28)31-15-19-12-17(16(3)26)6-11-22(19)30-5-2/h6-12,18H,4-5,13-15H2,1-3H3. The molecule has 31 heavy (non-hydrogen) atoms. The van der Waals surface area contributed by atoms with Crippen molar-refractivity contribution in [2.45, 2.75) is 33.8 Å². The van der Waals surface area contributed by atoms with Crippen LogP contribution in [0.1, 0.15) is 43.1 Å². The van der Waals surface area contributed by atoms with Crippen molar-refractivity contribution in [2.24, 2.45) is 5.92 Å². The Morgan fingerprint density at radius 2 is 1.74 bits per heavy atom. The van der Waals surface area contributed by atoms with Crippen LogP contribution in [0.15, 0.2) is 42.5 Å². The number of hydrogen-bond donors (Lipinski definition) is 0. The summed E-state index contributed by atoms with van der Waals surface area (Å²) in [5.41, 5.74) is 1.86. The van der Waals surface area contributed by atoms with Gasteiger partial charge in [0.25, 0.3) is 0 Å². The summed E-state index contributed by atoms with van der Waals surface area (Å²) in [4.78, 5) is 38.4. The molecular weight excluding hydrogens is 398 g/mol.